The van der Waals surface area contributed by atoms with Crippen LogP contribution < -0.4 is 0 Å². The van der Waals surface area contributed by atoms with Gasteiger partial charge in [0.25, 0.3) is 0 Å². The van der Waals surface area contributed by atoms with E-state index in [0.717, 1.165) is 48.7 Å². The molecule has 2 aromatic heterocycles. The summed E-state index contributed by atoms with van der Waals surface area (Å²) < 4.78 is 1.84. The first-order valence-corrected chi connectivity index (χ1v) is 9.20. The molecule has 0 N–H and O–H groups in total. The van der Waals surface area contributed by atoms with E-state index in [9.17, 15) is 4.79 Å². The summed E-state index contributed by atoms with van der Waals surface area (Å²) >= 11 is 0. The van der Waals surface area contributed by atoms with Crippen molar-refractivity contribution in [2.75, 3.05) is 20.6 Å². The number of aryl methyl sites for hydroxylation is 3. The van der Waals surface area contributed by atoms with Gasteiger partial charge < -0.3 is 9.80 Å². The molecule has 26 heavy (non-hydrogen) atoms. The molecule has 1 amide bonds. The molecule has 7 heteroatoms. The minimum absolute atomic E-state index is 0.0542. The molecule has 0 saturated carbocycles. The Hall–Kier alpha value is -2.28. The fourth-order valence-electron chi connectivity index (χ4n) is 3.55. The number of carbonyl (C=O) groups is 1. The van der Waals surface area contributed by atoms with Gasteiger partial charge in [0.15, 0.2) is 0 Å². The van der Waals surface area contributed by atoms with Crippen molar-refractivity contribution in [2.45, 2.75) is 52.2 Å². The Balaban J connectivity index is 1.75. The van der Waals surface area contributed by atoms with Crippen molar-refractivity contribution in [1.82, 2.24) is 29.5 Å². The molecule has 0 bridgehead atoms. The highest BCUT2D eigenvalue weighted by atomic mass is 16.2. The highest BCUT2D eigenvalue weighted by Gasteiger charge is 2.32. The molecule has 1 aliphatic rings. The summed E-state index contributed by atoms with van der Waals surface area (Å²) in [6.45, 7) is 6.05. The summed E-state index contributed by atoms with van der Waals surface area (Å²) in [4.78, 5) is 26.0. The molecule has 3 heterocycles. The fraction of sp³-hybridized carbons (Fsp3) is 0.579. The number of amides is 1. The molecule has 3 rings (SSSR count). The van der Waals surface area contributed by atoms with Gasteiger partial charge in [-0.25, -0.2) is 9.97 Å². The van der Waals surface area contributed by atoms with Crippen molar-refractivity contribution < 1.29 is 4.79 Å². The third kappa shape index (κ3) is 4.27. The average molecular weight is 356 g/mol. The van der Waals surface area contributed by atoms with Crippen LogP contribution in [-0.2, 0) is 17.9 Å². The lowest BCUT2D eigenvalue weighted by Crippen LogP contribution is -2.32. The number of likely N-dealkylation sites (tertiary alicyclic amines) is 1. The van der Waals surface area contributed by atoms with Gasteiger partial charge in [-0.05, 0) is 46.9 Å². The normalized spacial score (nSPS) is 17.3. The Bertz CT molecular complexity index is 769. The fourth-order valence-corrected chi connectivity index (χ4v) is 3.55. The van der Waals surface area contributed by atoms with Gasteiger partial charge in [-0.2, -0.15) is 5.10 Å². The first kappa shape index (κ1) is 18.5. The van der Waals surface area contributed by atoms with Gasteiger partial charge in [0.2, 0.25) is 5.91 Å². The van der Waals surface area contributed by atoms with Crippen molar-refractivity contribution in [2.24, 2.45) is 0 Å². The number of hydrogen-bond donors (Lipinski definition) is 0. The Morgan fingerprint density at radius 2 is 2.15 bits per heavy atom. The van der Waals surface area contributed by atoms with E-state index in [1.807, 2.05) is 56.0 Å². The molecule has 0 radical (unpaired) electrons. The van der Waals surface area contributed by atoms with Gasteiger partial charge in [-0.3, -0.25) is 9.48 Å². The van der Waals surface area contributed by atoms with E-state index in [0.29, 0.717) is 13.0 Å². The van der Waals surface area contributed by atoms with Crippen molar-refractivity contribution in [3.8, 4) is 0 Å². The third-order valence-electron chi connectivity index (χ3n) is 4.72. The van der Waals surface area contributed by atoms with Crippen LogP contribution >= 0.6 is 0 Å². The zero-order valence-electron chi connectivity index (χ0n) is 16.1. The molecule has 1 atom stereocenters. The van der Waals surface area contributed by atoms with Gasteiger partial charge in [0.05, 0.1) is 17.4 Å². The molecule has 140 valence electrons. The van der Waals surface area contributed by atoms with Crippen molar-refractivity contribution >= 4 is 5.91 Å². The summed E-state index contributed by atoms with van der Waals surface area (Å²) in [6.07, 6.45) is 6.27. The summed E-state index contributed by atoms with van der Waals surface area (Å²) in [6, 6.07) is 2.01. The van der Waals surface area contributed by atoms with E-state index in [-0.39, 0.29) is 11.9 Å². The molecule has 1 saturated heterocycles. The number of nitrogens with zero attached hydrogens (tertiary/aromatic N) is 6. The van der Waals surface area contributed by atoms with Crippen molar-refractivity contribution in [3.63, 3.8) is 0 Å². The lowest BCUT2D eigenvalue weighted by molar-refractivity contribution is -0.132. The first-order valence-electron chi connectivity index (χ1n) is 9.20. The minimum atomic E-state index is 0.0542. The second-order valence-corrected chi connectivity index (χ2v) is 7.28. The molecule has 7 nitrogen and oxygen atoms in total. The molecular weight excluding hydrogens is 328 g/mol. The van der Waals surface area contributed by atoms with Crippen molar-refractivity contribution in [3.05, 3.63) is 41.2 Å². The number of hydrogen-bond acceptors (Lipinski definition) is 5. The van der Waals surface area contributed by atoms with Gasteiger partial charge in [0.1, 0.15) is 5.82 Å². The SMILES string of the molecule is Cc1ccn(CCC(=O)N2CCC[C@H]2c2nc(C)ncc2CN(C)C)n1. The average Bonchev–Trinajstić information content (AvgIpc) is 3.23. The predicted molar refractivity (Wildman–Crippen MR) is 99.4 cm³/mol. The summed E-state index contributed by atoms with van der Waals surface area (Å²) in [5.74, 6) is 0.932. The maximum Gasteiger partial charge on any atom is 0.224 e. The molecule has 0 aromatic carbocycles. The first-order chi connectivity index (χ1) is 12.4. The number of aromatic nitrogens is 4. The Morgan fingerprint density at radius 3 is 2.85 bits per heavy atom. The Kier molecular flexibility index (Phi) is 5.66. The van der Waals surface area contributed by atoms with E-state index in [4.69, 9.17) is 4.98 Å². The second-order valence-electron chi connectivity index (χ2n) is 7.28. The van der Waals surface area contributed by atoms with E-state index < -0.39 is 0 Å². The maximum atomic E-state index is 12.9. The van der Waals surface area contributed by atoms with Crippen LogP contribution in [0, 0.1) is 13.8 Å². The summed E-state index contributed by atoms with van der Waals surface area (Å²) in [5, 5.41) is 4.36. The Morgan fingerprint density at radius 1 is 1.35 bits per heavy atom. The van der Waals surface area contributed by atoms with E-state index in [1.54, 1.807) is 0 Å². The Labute approximate surface area is 155 Å². The van der Waals surface area contributed by atoms with Crippen LogP contribution in [0.3, 0.4) is 0 Å². The molecule has 2 aromatic rings. The van der Waals surface area contributed by atoms with Gasteiger partial charge in [0, 0.05) is 44.0 Å². The monoisotopic (exact) mass is 356 g/mol. The van der Waals surface area contributed by atoms with Crippen LogP contribution in [0.5, 0.6) is 0 Å². The minimum Gasteiger partial charge on any atom is -0.334 e. The zero-order valence-corrected chi connectivity index (χ0v) is 16.1. The van der Waals surface area contributed by atoms with E-state index in [2.05, 4.69) is 15.0 Å². The van der Waals surface area contributed by atoms with Crippen LogP contribution in [0.4, 0.5) is 0 Å². The molecule has 0 spiro atoms. The van der Waals surface area contributed by atoms with Crippen LogP contribution in [0.1, 0.15) is 48.1 Å². The van der Waals surface area contributed by atoms with Crippen LogP contribution in [0.2, 0.25) is 0 Å². The smallest absolute Gasteiger partial charge is 0.224 e. The van der Waals surface area contributed by atoms with E-state index in [1.165, 1.54) is 0 Å². The highest BCUT2D eigenvalue weighted by Crippen LogP contribution is 2.33. The summed E-state index contributed by atoms with van der Waals surface area (Å²) in [7, 11) is 4.07. The topological polar surface area (TPSA) is 67.2 Å². The lowest BCUT2D eigenvalue weighted by atomic mass is 10.1. The maximum absolute atomic E-state index is 12.9. The molecular formula is C19H28N6O. The van der Waals surface area contributed by atoms with Gasteiger partial charge in [-0.15, -0.1) is 0 Å². The third-order valence-corrected chi connectivity index (χ3v) is 4.72. The largest absolute Gasteiger partial charge is 0.334 e. The quantitative estimate of drug-likeness (QED) is 0.793. The summed E-state index contributed by atoms with van der Waals surface area (Å²) in [5.41, 5.74) is 3.08. The van der Waals surface area contributed by atoms with Gasteiger partial charge in [-0.1, -0.05) is 0 Å². The molecule has 1 aliphatic heterocycles. The van der Waals surface area contributed by atoms with Crippen LogP contribution in [0.15, 0.2) is 18.5 Å². The van der Waals surface area contributed by atoms with Crippen LogP contribution in [0.25, 0.3) is 0 Å². The predicted octanol–water partition coefficient (Wildman–Crippen LogP) is 2.11. The van der Waals surface area contributed by atoms with Crippen molar-refractivity contribution in [1.29, 1.82) is 0 Å². The molecule has 0 unspecified atom stereocenters. The van der Waals surface area contributed by atoms with Crippen LogP contribution in [-0.4, -0.2) is 56.1 Å². The number of rotatable bonds is 6. The zero-order chi connectivity index (χ0) is 18.7. The highest BCUT2D eigenvalue weighted by molar-refractivity contribution is 5.77. The van der Waals surface area contributed by atoms with E-state index >= 15 is 0 Å². The molecule has 0 aliphatic carbocycles. The lowest BCUT2D eigenvalue weighted by Gasteiger charge is -2.27. The second kappa shape index (κ2) is 7.95. The molecule has 1 fully saturated rings. The standard InChI is InChI=1S/C19H28N6O/c1-14-7-10-24(22-14)11-8-18(26)25-9-5-6-17(25)19-16(13-23(3)4)12-20-15(2)21-19/h7,10,12,17H,5-6,8-9,11,13H2,1-4H3/t17-/m0/s1. The van der Waals surface area contributed by atoms with Gasteiger partial charge >= 0.3 is 0 Å². The number of carbonyl (C=O) groups excluding carboxylic acids is 1.